The van der Waals surface area contributed by atoms with Gasteiger partial charge >= 0.3 is 0 Å². The molecule has 0 aliphatic heterocycles. The fourth-order valence-corrected chi connectivity index (χ4v) is 12.1. The van der Waals surface area contributed by atoms with Crippen LogP contribution in [0.2, 0.25) is 0 Å². The van der Waals surface area contributed by atoms with Crippen LogP contribution in [0.3, 0.4) is 0 Å². The van der Waals surface area contributed by atoms with Crippen molar-refractivity contribution < 1.29 is 0 Å². The van der Waals surface area contributed by atoms with Crippen LogP contribution in [0, 0.1) is 63.5 Å². The quantitative estimate of drug-likeness (QED) is 0.131. The smallest absolute Gasteiger partial charge is 0.195 e. The highest BCUT2D eigenvalue weighted by molar-refractivity contribution is 6.28. The number of aryl methyl sites for hydroxylation is 4. The number of hydrogen-bond acceptors (Lipinski definition) is 2. The van der Waals surface area contributed by atoms with Crippen LogP contribution < -0.4 is 0 Å². The minimum absolute atomic E-state index is 0.501. The number of rotatable bonds is 3. The highest BCUT2D eigenvalue weighted by atomic mass is 14.6. The molecule has 4 heteroatoms. The number of nitrogens with zero attached hydrogens (tertiary/aromatic N) is 4. The molecule has 0 bridgehead atoms. The second-order valence-electron chi connectivity index (χ2n) is 18.5. The van der Waals surface area contributed by atoms with Crippen LogP contribution in [0.1, 0.15) is 33.4 Å². The average molecular weight is 861 g/mol. The Bertz CT molecular complexity index is 4360. The number of benzene rings is 11. The predicted octanol–water partition coefficient (Wildman–Crippen LogP) is 17.8. The van der Waals surface area contributed by atoms with E-state index >= 15 is 0 Å². The summed E-state index contributed by atoms with van der Waals surface area (Å²) in [6.07, 6.45) is 0. The van der Waals surface area contributed by atoms with E-state index in [0.29, 0.717) is 22.5 Å². The number of hydrogen-bond donors (Lipinski definition) is 0. The minimum Gasteiger partial charge on any atom is -0.238 e. The van der Waals surface area contributed by atoms with Gasteiger partial charge in [0, 0.05) is 0 Å². The molecule has 0 saturated carbocycles. The second kappa shape index (κ2) is 14.1. The second-order valence-corrected chi connectivity index (χ2v) is 18.5. The first-order valence-electron chi connectivity index (χ1n) is 22.7. The maximum absolute atomic E-state index is 10.2. The van der Waals surface area contributed by atoms with Crippen molar-refractivity contribution in [1.29, 1.82) is 10.5 Å². The van der Waals surface area contributed by atoms with Crippen LogP contribution in [-0.2, 0) is 0 Å². The molecule has 68 heavy (non-hydrogen) atoms. The largest absolute Gasteiger partial charge is 0.238 e. The van der Waals surface area contributed by atoms with Crippen molar-refractivity contribution in [2.24, 2.45) is 0 Å². The van der Waals surface area contributed by atoms with Crippen LogP contribution >= 0.6 is 0 Å². The van der Waals surface area contributed by atoms with Crippen LogP contribution in [0.15, 0.2) is 146 Å². The van der Waals surface area contributed by atoms with Gasteiger partial charge in [-0.05, 0) is 219 Å². The molecular weight excluding hydrogens is 825 g/mol. The van der Waals surface area contributed by atoms with E-state index in [4.69, 9.17) is 13.1 Å². The van der Waals surface area contributed by atoms with Gasteiger partial charge in [-0.1, -0.05) is 108 Å². The Hall–Kier alpha value is -9.32. The molecule has 312 valence electrons. The molecule has 0 atom stereocenters. The summed E-state index contributed by atoms with van der Waals surface area (Å²) in [6.45, 7) is 24.4. The summed E-state index contributed by atoms with van der Waals surface area (Å²) in [7, 11) is 0. The third-order valence-corrected chi connectivity index (χ3v) is 14.9. The fraction of sp³-hybridized carbons (Fsp3) is 0.0625. The van der Waals surface area contributed by atoms with Crippen LogP contribution in [0.5, 0.6) is 0 Å². The highest BCUT2D eigenvalue weighted by Crippen LogP contribution is 2.55. The van der Waals surface area contributed by atoms with Gasteiger partial charge in [0.15, 0.2) is 11.4 Å². The molecule has 2 aliphatic carbocycles. The Labute approximate surface area is 393 Å². The summed E-state index contributed by atoms with van der Waals surface area (Å²) in [6, 6.07) is 56.5. The first-order valence-corrected chi connectivity index (χ1v) is 22.7. The summed E-state index contributed by atoms with van der Waals surface area (Å²) in [4.78, 5) is 7.75. The predicted molar refractivity (Wildman–Crippen MR) is 280 cm³/mol. The monoisotopic (exact) mass is 860 g/mol. The van der Waals surface area contributed by atoms with Gasteiger partial charge in [0.1, 0.15) is 0 Å². The Balaban J connectivity index is 1.08. The van der Waals surface area contributed by atoms with E-state index in [2.05, 4.69) is 153 Å². The number of nitriles is 2. The van der Waals surface area contributed by atoms with E-state index < -0.39 is 0 Å². The zero-order valence-electron chi connectivity index (χ0n) is 37.6. The summed E-state index contributed by atoms with van der Waals surface area (Å²) in [5.74, 6) is 0. The summed E-state index contributed by atoms with van der Waals surface area (Å²) in [5.41, 5.74) is 22.5. The van der Waals surface area contributed by atoms with Crippen LogP contribution in [0.25, 0.3) is 141 Å². The van der Waals surface area contributed by atoms with Gasteiger partial charge in [-0.15, -0.1) is 0 Å². The van der Waals surface area contributed by atoms with Gasteiger partial charge in [0.25, 0.3) is 0 Å². The third-order valence-electron chi connectivity index (χ3n) is 14.9. The van der Waals surface area contributed by atoms with Crippen molar-refractivity contribution in [1.82, 2.24) is 0 Å². The van der Waals surface area contributed by atoms with Gasteiger partial charge in [0.05, 0.1) is 36.4 Å². The summed E-state index contributed by atoms with van der Waals surface area (Å²) < 4.78 is 0. The van der Waals surface area contributed by atoms with Crippen molar-refractivity contribution in [3.63, 3.8) is 0 Å². The van der Waals surface area contributed by atoms with Crippen molar-refractivity contribution in [2.45, 2.75) is 27.7 Å². The molecule has 2 aliphatic rings. The van der Waals surface area contributed by atoms with Crippen molar-refractivity contribution >= 4 is 65.2 Å². The van der Waals surface area contributed by atoms with E-state index in [1.807, 2.05) is 30.3 Å². The summed E-state index contributed by atoms with van der Waals surface area (Å²) in [5, 5.41) is 31.3. The lowest BCUT2D eigenvalue weighted by molar-refractivity contribution is 1.35. The van der Waals surface area contributed by atoms with Gasteiger partial charge in [-0.2, -0.15) is 10.5 Å². The maximum atomic E-state index is 10.2. The molecule has 11 aromatic rings. The molecule has 0 amide bonds. The standard InChI is InChI=1S/C64H36N4/c1-33-21-38(32-66)22-34(2)61(33)46-17-19-49-56-30-57-53(29-55(56)45-12-8-9-42(46)64(45)49)41-15-14-39-26-51-48-18-16-47(62-35(3)23-40(67-5)24-36(62)4)43-10-7-11-44(63(43)48)54(51)27-50(39)52(41)28-58(57)59-25-37(31-65)13-20-60(59)68-6/h7-30H,1-4H3. The van der Waals surface area contributed by atoms with E-state index in [1.54, 1.807) is 12.1 Å². The Morgan fingerprint density at radius 2 is 0.853 bits per heavy atom. The van der Waals surface area contributed by atoms with Crippen molar-refractivity contribution in [3.8, 4) is 90.0 Å². The third kappa shape index (κ3) is 5.27. The van der Waals surface area contributed by atoms with E-state index in [-0.39, 0.29) is 0 Å². The van der Waals surface area contributed by atoms with E-state index in [1.165, 1.54) is 71.6 Å². The van der Waals surface area contributed by atoms with Crippen molar-refractivity contribution in [3.05, 3.63) is 202 Å². The van der Waals surface area contributed by atoms with Gasteiger partial charge in [-0.25, -0.2) is 9.69 Å². The lowest BCUT2D eigenvalue weighted by Crippen LogP contribution is -1.92. The first-order chi connectivity index (χ1) is 33.2. The SMILES string of the molecule is [C-]#[N+]c1cc(C)c(-c2ccc3c4c(cccc24)-c2cc4c(ccc5c6cc7c(cc6c(-c6cc(C#N)ccc6[N+]#[C-])cc45)-c4ccc(-c5c(C)cc(C#N)cc5C)c5cccc-7c45)cc2-3)c(C)c1. The molecule has 0 heterocycles. The fourth-order valence-electron chi connectivity index (χ4n) is 12.1. The number of fused-ring (bicyclic) bond motifs is 11. The minimum atomic E-state index is 0.501. The molecule has 0 aromatic heterocycles. The van der Waals surface area contributed by atoms with E-state index in [9.17, 15) is 10.5 Å². The molecule has 0 spiro atoms. The molecule has 0 N–H and O–H groups in total. The Kier molecular flexibility index (Phi) is 8.10. The molecule has 13 rings (SSSR count). The van der Waals surface area contributed by atoms with Gasteiger partial charge < -0.3 is 0 Å². The lowest BCUT2D eigenvalue weighted by atomic mass is 9.86. The summed E-state index contributed by atoms with van der Waals surface area (Å²) >= 11 is 0. The molecule has 0 radical (unpaired) electrons. The van der Waals surface area contributed by atoms with Gasteiger partial charge in [0.2, 0.25) is 0 Å². The zero-order chi connectivity index (χ0) is 46.3. The maximum Gasteiger partial charge on any atom is 0.195 e. The molecule has 0 saturated heterocycles. The first kappa shape index (κ1) is 39.1. The van der Waals surface area contributed by atoms with Crippen LogP contribution in [0.4, 0.5) is 11.4 Å². The Morgan fingerprint density at radius 1 is 0.353 bits per heavy atom. The highest BCUT2D eigenvalue weighted by Gasteiger charge is 2.28. The Morgan fingerprint density at radius 3 is 1.43 bits per heavy atom. The molecule has 4 nitrogen and oxygen atoms in total. The zero-order valence-corrected chi connectivity index (χ0v) is 37.6. The van der Waals surface area contributed by atoms with Gasteiger partial charge in [-0.3, -0.25) is 0 Å². The lowest BCUT2D eigenvalue weighted by Gasteiger charge is -2.17. The molecule has 0 fully saturated rings. The normalized spacial score (nSPS) is 11.8. The van der Waals surface area contributed by atoms with Crippen molar-refractivity contribution in [2.75, 3.05) is 0 Å². The van der Waals surface area contributed by atoms with Crippen LogP contribution in [-0.4, -0.2) is 0 Å². The molecule has 0 unspecified atom stereocenters. The van der Waals surface area contributed by atoms with E-state index in [0.717, 1.165) is 82.4 Å². The molecular formula is C64H36N4. The molecule has 11 aromatic carbocycles. The average Bonchev–Trinajstić information content (AvgIpc) is 3.85. The topological polar surface area (TPSA) is 56.3 Å².